The molecule has 0 unspecified atom stereocenters. The van der Waals surface area contributed by atoms with Gasteiger partial charge in [-0.05, 0) is 17.0 Å². The molecule has 0 saturated carbocycles. The van der Waals surface area contributed by atoms with Crippen molar-refractivity contribution in [2.24, 2.45) is 0 Å². The van der Waals surface area contributed by atoms with Crippen LogP contribution in [0.3, 0.4) is 0 Å². The number of carboxylic acids is 1. The van der Waals surface area contributed by atoms with Crippen LogP contribution in [-0.2, 0) is 5.75 Å². The van der Waals surface area contributed by atoms with Gasteiger partial charge >= 0.3 is 5.97 Å². The van der Waals surface area contributed by atoms with Gasteiger partial charge in [-0.2, -0.15) is 5.10 Å². The van der Waals surface area contributed by atoms with Crippen molar-refractivity contribution in [3.8, 4) is 0 Å². The molecule has 0 aliphatic heterocycles. The van der Waals surface area contributed by atoms with Gasteiger partial charge in [0.1, 0.15) is 11.2 Å². The van der Waals surface area contributed by atoms with E-state index in [2.05, 4.69) is 15.2 Å². The van der Waals surface area contributed by atoms with Crippen LogP contribution in [0.5, 0.6) is 0 Å². The average molecular weight is 241 g/mol. The van der Waals surface area contributed by atoms with Crippen molar-refractivity contribution in [2.45, 2.75) is 10.9 Å². The molecule has 0 aromatic carbocycles. The normalized spacial score (nSPS) is 10.4. The molecule has 2 aromatic heterocycles. The Bertz CT molecular complexity index is 452. The highest BCUT2D eigenvalue weighted by atomic mass is 32.2. The van der Waals surface area contributed by atoms with Gasteiger partial charge in [-0.25, -0.2) is 9.78 Å². The van der Waals surface area contributed by atoms with Gasteiger partial charge in [0.2, 0.25) is 0 Å². The number of hydrogen-bond acceptors (Lipinski definition) is 5. The number of nitrogens with one attached hydrogen (secondary N) is 1. The van der Waals surface area contributed by atoms with Gasteiger partial charge in [0.25, 0.3) is 0 Å². The molecule has 0 bridgehead atoms. The van der Waals surface area contributed by atoms with Crippen molar-refractivity contribution in [2.75, 3.05) is 0 Å². The van der Waals surface area contributed by atoms with E-state index in [4.69, 9.17) is 5.11 Å². The molecule has 2 N–H and O–H groups in total. The summed E-state index contributed by atoms with van der Waals surface area (Å²) >= 11 is 2.67. The van der Waals surface area contributed by atoms with Gasteiger partial charge in [0, 0.05) is 5.75 Å². The van der Waals surface area contributed by atoms with E-state index in [9.17, 15) is 4.79 Å². The lowest BCUT2D eigenvalue weighted by Gasteiger charge is -1.97. The number of aromatic nitrogens is 3. The second kappa shape index (κ2) is 4.45. The molecule has 2 heterocycles. The zero-order valence-corrected chi connectivity index (χ0v) is 9.14. The van der Waals surface area contributed by atoms with Gasteiger partial charge in [-0.3, -0.25) is 5.10 Å². The van der Waals surface area contributed by atoms with Crippen molar-refractivity contribution in [3.63, 3.8) is 0 Å². The first-order valence-electron chi connectivity index (χ1n) is 4.05. The maximum absolute atomic E-state index is 10.8. The van der Waals surface area contributed by atoms with Crippen molar-refractivity contribution >= 4 is 29.1 Å². The topological polar surface area (TPSA) is 78.9 Å². The van der Waals surface area contributed by atoms with Crippen molar-refractivity contribution in [1.29, 1.82) is 0 Å². The van der Waals surface area contributed by atoms with E-state index in [0.29, 0.717) is 15.8 Å². The number of rotatable bonds is 4. The first kappa shape index (κ1) is 10.2. The minimum absolute atomic E-state index is 0.391. The Balaban J connectivity index is 2.05. The lowest BCUT2D eigenvalue weighted by Crippen LogP contribution is -1.96. The predicted octanol–water partition coefficient (Wildman–Crippen LogP) is 1.86. The van der Waals surface area contributed by atoms with Crippen LogP contribution in [0.2, 0.25) is 0 Å². The maximum Gasteiger partial charge on any atom is 0.346 e. The Hall–Kier alpha value is -1.34. The number of carboxylic acid groups (broad SMARTS) is 1. The summed E-state index contributed by atoms with van der Waals surface area (Å²) in [4.78, 5) is 15.1. The molecule has 0 saturated heterocycles. The van der Waals surface area contributed by atoms with Gasteiger partial charge in [-0.15, -0.1) is 11.3 Å². The Labute approximate surface area is 93.6 Å². The van der Waals surface area contributed by atoms with E-state index < -0.39 is 5.97 Å². The van der Waals surface area contributed by atoms with E-state index in [1.165, 1.54) is 29.4 Å². The molecule has 0 amide bonds. The molecular formula is C8H7N3O2S2. The monoisotopic (exact) mass is 241 g/mol. The van der Waals surface area contributed by atoms with E-state index in [-0.39, 0.29) is 0 Å². The number of thioether (sulfide) groups is 1. The molecule has 0 spiro atoms. The van der Waals surface area contributed by atoms with E-state index >= 15 is 0 Å². The molecule has 5 nitrogen and oxygen atoms in total. The van der Waals surface area contributed by atoms with Crippen LogP contribution < -0.4 is 0 Å². The molecule has 2 aromatic rings. The zero-order chi connectivity index (χ0) is 10.7. The molecular weight excluding hydrogens is 234 g/mol. The highest BCUT2D eigenvalue weighted by Crippen LogP contribution is 2.24. The molecule has 0 atom stereocenters. The first-order chi connectivity index (χ1) is 7.27. The fourth-order valence-corrected chi connectivity index (χ4v) is 2.67. The molecule has 0 radical (unpaired) electrons. The van der Waals surface area contributed by atoms with Gasteiger partial charge < -0.3 is 5.11 Å². The number of aromatic carboxylic acids is 1. The van der Waals surface area contributed by atoms with Crippen LogP contribution in [0.1, 0.15) is 15.2 Å². The summed E-state index contributed by atoms with van der Waals surface area (Å²) in [5.74, 6) is -0.293. The summed E-state index contributed by atoms with van der Waals surface area (Å²) in [5.41, 5.74) is 0.814. The highest BCUT2D eigenvalue weighted by molar-refractivity contribution is 7.98. The second-order valence-electron chi connectivity index (χ2n) is 2.66. The van der Waals surface area contributed by atoms with Crippen LogP contribution in [0, 0.1) is 0 Å². The lowest BCUT2D eigenvalue weighted by molar-refractivity contribution is 0.0701. The van der Waals surface area contributed by atoms with E-state index in [1.807, 2.05) is 6.07 Å². The third-order valence-electron chi connectivity index (χ3n) is 1.70. The number of H-pyrrole nitrogens is 1. The van der Waals surface area contributed by atoms with Crippen LogP contribution in [0.4, 0.5) is 0 Å². The van der Waals surface area contributed by atoms with Crippen molar-refractivity contribution in [1.82, 2.24) is 15.2 Å². The molecule has 0 aliphatic rings. The average Bonchev–Trinajstić information content (AvgIpc) is 2.86. The van der Waals surface area contributed by atoms with Gasteiger partial charge in [0.15, 0.2) is 5.16 Å². The lowest BCUT2D eigenvalue weighted by atomic mass is 10.3. The summed E-state index contributed by atoms with van der Waals surface area (Å²) < 4.78 is 0. The molecule has 2 rings (SSSR count). The van der Waals surface area contributed by atoms with E-state index in [0.717, 1.165) is 5.56 Å². The quantitative estimate of drug-likeness (QED) is 0.799. The second-order valence-corrected chi connectivity index (χ2v) is 4.54. The summed E-state index contributed by atoms with van der Waals surface area (Å²) in [5, 5.41) is 17.8. The first-order valence-corrected chi connectivity index (χ1v) is 5.91. The third-order valence-corrected chi connectivity index (χ3v) is 3.57. The van der Waals surface area contributed by atoms with Crippen molar-refractivity contribution < 1.29 is 9.90 Å². The van der Waals surface area contributed by atoms with Crippen LogP contribution in [0.15, 0.2) is 22.9 Å². The number of thiophene rings is 1. The minimum Gasteiger partial charge on any atom is -0.477 e. The Kier molecular flexibility index (Phi) is 3.02. The summed E-state index contributed by atoms with van der Waals surface area (Å²) in [7, 11) is 0. The summed E-state index contributed by atoms with van der Waals surface area (Å²) in [6, 6.07) is 1.82. The maximum atomic E-state index is 10.8. The SMILES string of the molecule is O=C(O)c1sccc1CSc1ncn[nH]1. The standard InChI is InChI=1S/C8H7N3O2S2/c12-7(13)6-5(1-2-14-6)3-15-8-9-4-10-11-8/h1-2,4H,3H2,(H,12,13)(H,9,10,11). The molecule has 0 aliphatic carbocycles. The number of nitrogens with zero attached hydrogens (tertiary/aromatic N) is 2. The smallest absolute Gasteiger partial charge is 0.346 e. The molecule has 7 heteroatoms. The summed E-state index contributed by atoms with van der Waals surface area (Å²) in [6.07, 6.45) is 1.42. The van der Waals surface area contributed by atoms with Gasteiger partial charge in [-0.1, -0.05) is 11.8 Å². The molecule has 78 valence electrons. The predicted molar refractivity (Wildman–Crippen MR) is 57.2 cm³/mol. The highest BCUT2D eigenvalue weighted by Gasteiger charge is 2.11. The van der Waals surface area contributed by atoms with Gasteiger partial charge in [0.05, 0.1) is 0 Å². The number of aromatic amines is 1. The Morgan fingerprint density at radius 2 is 2.53 bits per heavy atom. The van der Waals surface area contributed by atoms with Crippen LogP contribution >= 0.6 is 23.1 Å². The molecule has 15 heavy (non-hydrogen) atoms. The van der Waals surface area contributed by atoms with Crippen LogP contribution in [0.25, 0.3) is 0 Å². The largest absolute Gasteiger partial charge is 0.477 e. The van der Waals surface area contributed by atoms with E-state index in [1.54, 1.807) is 5.38 Å². The zero-order valence-electron chi connectivity index (χ0n) is 7.51. The fraction of sp³-hybridized carbons (Fsp3) is 0.125. The molecule has 0 fully saturated rings. The van der Waals surface area contributed by atoms with Crippen LogP contribution in [-0.4, -0.2) is 26.3 Å². The Morgan fingerprint density at radius 1 is 1.67 bits per heavy atom. The summed E-state index contributed by atoms with van der Waals surface area (Å²) in [6.45, 7) is 0. The minimum atomic E-state index is -0.877. The number of carbonyl (C=O) groups is 1. The number of hydrogen-bond donors (Lipinski definition) is 2. The van der Waals surface area contributed by atoms with Crippen molar-refractivity contribution in [3.05, 3.63) is 28.2 Å². The Morgan fingerprint density at radius 3 is 3.20 bits per heavy atom. The fourth-order valence-electron chi connectivity index (χ4n) is 1.05. The third kappa shape index (κ3) is 2.37.